The summed E-state index contributed by atoms with van der Waals surface area (Å²) in [6.07, 6.45) is 4.73. The molecular formula is C20H26N2O3S. The van der Waals surface area contributed by atoms with E-state index in [9.17, 15) is 9.90 Å². The highest BCUT2D eigenvalue weighted by Gasteiger charge is 2.27. The fourth-order valence-electron chi connectivity index (χ4n) is 3.64. The largest absolute Gasteiger partial charge is 0.393 e. The average molecular weight is 375 g/mol. The molecule has 3 rings (SSSR count). The molecule has 1 amide bonds. The molecule has 1 aromatic carbocycles. The molecule has 0 spiro atoms. The van der Waals surface area contributed by atoms with Gasteiger partial charge in [0.05, 0.1) is 18.2 Å². The second-order valence-corrected chi connectivity index (χ2v) is 7.98. The minimum absolute atomic E-state index is 0.0538. The lowest BCUT2D eigenvalue weighted by atomic mass is 9.86. The number of hydrogen-bond donors (Lipinski definition) is 3. The third kappa shape index (κ3) is 4.69. The van der Waals surface area contributed by atoms with Crippen molar-refractivity contribution < 1.29 is 15.0 Å². The highest BCUT2D eigenvalue weighted by atomic mass is 32.1. The second kappa shape index (κ2) is 8.75. The number of aliphatic hydroxyl groups excluding tert-OH is 2. The van der Waals surface area contributed by atoms with Crippen LogP contribution < -0.4 is 5.32 Å². The van der Waals surface area contributed by atoms with Gasteiger partial charge in [-0.1, -0.05) is 55.5 Å². The maximum absolute atomic E-state index is 13.0. The quantitative estimate of drug-likeness (QED) is 0.689. The van der Waals surface area contributed by atoms with Gasteiger partial charge in [0.1, 0.15) is 6.10 Å². The molecule has 0 saturated heterocycles. The van der Waals surface area contributed by atoms with Crippen molar-refractivity contribution in [3.63, 3.8) is 0 Å². The van der Waals surface area contributed by atoms with Crippen LogP contribution >= 0.6 is 11.3 Å². The molecule has 0 aliphatic heterocycles. The summed E-state index contributed by atoms with van der Waals surface area (Å²) in [5.41, 5.74) is 2.58. The van der Waals surface area contributed by atoms with Crippen molar-refractivity contribution in [1.29, 1.82) is 0 Å². The average Bonchev–Trinajstić information content (AvgIpc) is 3.30. The van der Waals surface area contributed by atoms with Crippen LogP contribution in [0.5, 0.6) is 0 Å². The van der Waals surface area contributed by atoms with Crippen molar-refractivity contribution in [3.8, 4) is 0 Å². The summed E-state index contributed by atoms with van der Waals surface area (Å²) in [6, 6.07) is 8.15. The minimum Gasteiger partial charge on any atom is -0.393 e. The molecule has 1 aromatic heterocycles. The number of nitrogens with one attached hydrogen (secondary N) is 1. The number of nitrogens with zero attached hydrogens (tertiary/aromatic N) is 1. The standard InChI is InChI=1S/C20H26N2O3S/c1-13-5-4-8-15(9-13)16(10-14-6-2-3-7-14)19(25)22-20-21-17(12-26-20)18(24)11-23/h4-5,8-9,12,14,16,18,23-24H,2-3,6-7,10-11H2,1H3,(H,21,22,25). The number of benzene rings is 1. The summed E-state index contributed by atoms with van der Waals surface area (Å²) in [7, 11) is 0. The Morgan fingerprint density at radius 2 is 2.15 bits per heavy atom. The molecule has 0 bridgehead atoms. The lowest BCUT2D eigenvalue weighted by molar-refractivity contribution is -0.118. The lowest BCUT2D eigenvalue weighted by Gasteiger charge is -2.20. The van der Waals surface area contributed by atoms with Gasteiger partial charge in [-0.2, -0.15) is 0 Å². The Morgan fingerprint density at radius 1 is 1.38 bits per heavy atom. The SMILES string of the molecule is Cc1cccc(C(CC2CCCC2)C(=O)Nc2nc(C(O)CO)cs2)c1. The molecule has 1 aliphatic rings. The van der Waals surface area contributed by atoms with E-state index in [1.807, 2.05) is 25.1 Å². The summed E-state index contributed by atoms with van der Waals surface area (Å²) < 4.78 is 0. The van der Waals surface area contributed by atoms with Crippen molar-refractivity contribution >= 4 is 22.4 Å². The molecule has 6 heteroatoms. The lowest BCUT2D eigenvalue weighted by Crippen LogP contribution is -2.23. The predicted molar refractivity (Wildman–Crippen MR) is 103 cm³/mol. The minimum atomic E-state index is -1.01. The van der Waals surface area contributed by atoms with Crippen LogP contribution in [0.2, 0.25) is 0 Å². The molecule has 1 saturated carbocycles. The van der Waals surface area contributed by atoms with Gasteiger partial charge in [0, 0.05) is 5.38 Å². The first-order chi connectivity index (χ1) is 12.6. The molecule has 1 aliphatic carbocycles. The van der Waals surface area contributed by atoms with Gasteiger partial charge < -0.3 is 15.5 Å². The number of aryl methyl sites for hydroxylation is 1. The highest BCUT2D eigenvalue weighted by molar-refractivity contribution is 7.13. The fraction of sp³-hybridized carbons (Fsp3) is 0.500. The Labute approximate surface area is 158 Å². The highest BCUT2D eigenvalue weighted by Crippen LogP contribution is 2.35. The van der Waals surface area contributed by atoms with Crippen LogP contribution in [0.4, 0.5) is 5.13 Å². The topological polar surface area (TPSA) is 82.5 Å². The monoisotopic (exact) mass is 374 g/mol. The Balaban J connectivity index is 1.76. The van der Waals surface area contributed by atoms with Gasteiger partial charge in [0.15, 0.2) is 5.13 Å². The molecule has 140 valence electrons. The molecule has 3 N–H and O–H groups in total. The Morgan fingerprint density at radius 3 is 2.85 bits per heavy atom. The first kappa shape index (κ1) is 19.0. The van der Waals surface area contributed by atoms with E-state index in [1.54, 1.807) is 5.38 Å². The first-order valence-corrected chi connectivity index (χ1v) is 10.1. The van der Waals surface area contributed by atoms with Gasteiger partial charge in [-0.15, -0.1) is 11.3 Å². The molecule has 26 heavy (non-hydrogen) atoms. The normalized spacial score (nSPS) is 17.2. The van der Waals surface area contributed by atoms with E-state index >= 15 is 0 Å². The van der Waals surface area contributed by atoms with E-state index in [1.165, 1.54) is 37.0 Å². The number of hydrogen-bond acceptors (Lipinski definition) is 5. The summed E-state index contributed by atoms with van der Waals surface area (Å²) in [6.45, 7) is 1.65. The number of amides is 1. The number of carbonyl (C=O) groups is 1. The van der Waals surface area contributed by atoms with Crippen molar-refractivity contribution in [3.05, 3.63) is 46.5 Å². The molecule has 0 radical (unpaired) electrons. The van der Waals surface area contributed by atoms with E-state index in [4.69, 9.17) is 5.11 Å². The van der Waals surface area contributed by atoms with E-state index in [2.05, 4.69) is 16.4 Å². The number of rotatable bonds is 7. The Kier molecular flexibility index (Phi) is 6.40. The summed E-state index contributed by atoms with van der Waals surface area (Å²) in [4.78, 5) is 17.2. The van der Waals surface area contributed by atoms with Crippen LogP contribution in [0.3, 0.4) is 0 Å². The van der Waals surface area contributed by atoms with Crippen LogP contribution in [0.25, 0.3) is 0 Å². The smallest absolute Gasteiger partial charge is 0.233 e. The van der Waals surface area contributed by atoms with E-state index in [-0.39, 0.29) is 18.4 Å². The molecule has 1 fully saturated rings. The zero-order valence-corrected chi connectivity index (χ0v) is 15.8. The van der Waals surface area contributed by atoms with Crippen LogP contribution in [0.15, 0.2) is 29.6 Å². The number of aromatic nitrogens is 1. The van der Waals surface area contributed by atoms with Gasteiger partial charge in [-0.3, -0.25) is 4.79 Å². The first-order valence-electron chi connectivity index (χ1n) is 9.18. The van der Waals surface area contributed by atoms with Crippen LogP contribution in [0, 0.1) is 12.8 Å². The van der Waals surface area contributed by atoms with Crippen molar-refractivity contribution in [1.82, 2.24) is 4.98 Å². The molecule has 1 heterocycles. The molecular weight excluding hydrogens is 348 g/mol. The van der Waals surface area contributed by atoms with Gasteiger partial charge in [0.25, 0.3) is 0 Å². The Bertz CT molecular complexity index is 740. The van der Waals surface area contributed by atoms with Crippen molar-refractivity contribution in [2.24, 2.45) is 5.92 Å². The maximum Gasteiger partial charge on any atom is 0.233 e. The Hall–Kier alpha value is -1.76. The second-order valence-electron chi connectivity index (χ2n) is 7.12. The number of carbonyl (C=O) groups excluding carboxylic acids is 1. The molecule has 2 atom stereocenters. The molecule has 2 unspecified atom stereocenters. The van der Waals surface area contributed by atoms with Gasteiger partial charge in [-0.05, 0) is 24.8 Å². The van der Waals surface area contributed by atoms with Crippen LogP contribution in [-0.4, -0.2) is 27.7 Å². The van der Waals surface area contributed by atoms with Gasteiger partial charge >= 0.3 is 0 Å². The predicted octanol–water partition coefficient (Wildman–Crippen LogP) is 3.78. The third-order valence-electron chi connectivity index (χ3n) is 5.07. The number of aliphatic hydroxyl groups is 2. The maximum atomic E-state index is 13.0. The zero-order valence-electron chi connectivity index (χ0n) is 15.0. The van der Waals surface area contributed by atoms with E-state index < -0.39 is 6.10 Å². The number of anilines is 1. The summed E-state index contributed by atoms with van der Waals surface area (Å²) >= 11 is 1.27. The molecule has 2 aromatic rings. The number of thiazole rings is 1. The van der Waals surface area contributed by atoms with E-state index in [0.29, 0.717) is 16.7 Å². The fourth-order valence-corrected chi connectivity index (χ4v) is 4.40. The summed E-state index contributed by atoms with van der Waals surface area (Å²) in [5, 5.41) is 23.7. The van der Waals surface area contributed by atoms with Crippen molar-refractivity contribution in [2.75, 3.05) is 11.9 Å². The van der Waals surface area contributed by atoms with Crippen molar-refractivity contribution in [2.45, 2.75) is 51.0 Å². The van der Waals surface area contributed by atoms with Gasteiger partial charge in [0.2, 0.25) is 5.91 Å². The third-order valence-corrected chi connectivity index (χ3v) is 5.85. The van der Waals surface area contributed by atoms with Crippen LogP contribution in [-0.2, 0) is 4.79 Å². The van der Waals surface area contributed by atoms with E-state index in [0.717, 1.165) is 17.5 Å². The zero-order chi connectivity index (χ0) is 18.5. The summed E-state index contributed by atoms with van der Waals surface area (Å²) in [5.74, 6) is 0.337. The van der Waals surface area contributed by atoms with Crippen LogP contribution in [0.1, 0.15) is 60.9 Å². The molecule has 5 nitrogen and oxygen atoms in total. The van der Waals surface area contributed by atoms with Gasteiger partial charge in [-0.25, -0.2) is 4.98 Å².